The standard InChI is InChI=1S/C13H16N4O4/c1-4-5-21-17-9-7-16(13(17)19)11(12(18)20-3)10-8(9)6-14-15(10)2/h4,6,9,11H,1,5,7H2,2-3H3/t9-,11-/m0/s1. The van der Waals surface area contributed by atoms with E-state index in [4.69, 9.17) is 9.57 Å². The van der Waals surface area contributed by atoms with Gasteiger partial charge in [-0.15, -0.1) is 6.58 Å². The van der Waals surface area contributed by atoms with Crippen molar-refractivity contribution in [1.29, 1.82) is 0 Å². The second-order valence-corrected chi connectivity index (χ2v) is 4.90. The molecule has 2 bridgehead atoms. The number of aryl methyl sites for hydroxylation is 1. The van der Waals surface area contributed by atoms with Crippen LogP contribution < -0.4 is 0 Å². The number of carbonyl (C=O) groups excluding carboxylic acids is 2. The summed E-state index contributed by atoms with van der Waals surface area (Å²) in [4.78, 5) is 31.4. The van der Waals surface area contributed by atoms with Crippen molar-refractivity contribution >= 4 is 12.0 Å². The van der Waals surface area contributed by atoms with E-state index in [1.807, 2.05) is 0 Å². The molecule has 3 rings (SSSR count). The van der Waals surface area contributed by atoms with Crippen LogP contribution in [0.3, 0.4) is 0 Å². The van der Waals surface area contributed by atoms with Crippen LogP contribution in [0, 0.1) is 0 Å². The topological polar surface area (TPSA) is 76.9 Å². The summed E-state index contributed by atoms with van der Waals surface area (Å²) < 4.78 is 6.43. The van der Waals surface area contributed by atoms with Crippen LogP contribution >= 0.6 is 0 Å². The molecule has 3 heterocycles. The molecule has 2 atom stereocenters. The summed E-state index contributed by atoms with van der Waals surface area (Å²) in [6, 6.07) is -1.42. The van der Waals surface area contributed by atoms with E-state index in [0.29, 0.717) is 12.2 Å². The maximum Gasteiger partial charge on any atom is 0.345 e. The van der Waals surface area contributed by atoms with E-state index in [-0.39, 0.29) is 18.7 Å². The monoisotopic (exact) mass is 292 g/mol. The molecule has 1 fully saturated rings. The molecule has 21 heavy (non-hydrogen) atoms. The van der Waals surface area contributed by atoms with Crippen LogP contribution in [-0.2, 0) is 21.4 Å². The van der Waals surface area contributed by atoms with E-state index >= 15 is 0 Å². The molecule has 0 aromatic carbocycles. The van der Waals surface area contributed by atoms with Crippen molar-refractivity contribution in [2.45, 2.75) is 12.1 Å². The molecule has 112 valence electrons. The largest absolute Gasteiger partial charge is 0.467 e. The van der Waals surface area contributed by atoms with Crippen molar-refractivity contribution in [3.05, 3.63) is 30.1 Å². The van der Waals surface area contributed by atoms with Gasteiger partial charge in [0.2, 0.25) is 0 Å². The highest BCUT2D eigenvalue weighted by Crippen LogP contribution is 2.43. The normalized spacial score (nSPS) is 23.2. The fraction of sp³-hybridized carbons (Fsp3) is 0.462. The predicted octanol–water partition coefficient (Wildman–Crippen LogP) is 0.544. The fourth-order valence-electron chi connectivity index (χ4n) is 2.87. The third-order valence-corrected chi connectivity index (χ3v) is 3.79. The molecule has 0 spiro atoms. The summed E-state index contributed by atoms with van der Waals surface area (Å²) in [5, 5.41) is 5.48. The van der Waals surface area contributed by atoms with Crippen molar-refractivity contribution in [1.82, 2.24) is 19.7 Å². The third kappa shape index (κ3) is 1.83. The minimum atomic E-state index is -0.793. The van der Waals surface area contributed by atoms with E-state index in [9.17, 15) is 9.59 Å². The highest BCUT2D eigenvalue weighted by Gasteiger charge is 2.53. The quantitative estimate of drug-likeness (QED) is 0.598. The number of fused-ring (bicyclic) bond motifs is 4. The summed E-state index contributed by atoms with van der Waals surface area (Å²) in [5.74, 6) is -0.489. The van der Waals surface area contributed by atoms with E-state index in [1.54, 1.807) is 24.0 Å². The molecule has 1 saturated heterocycles. The summed E-state index contributed by atoms with van der Waals surface area (Å²) in [7, 11) is 3.04. The molecule has 2 amide bonds. The number of hydroxylamine groups is 2. The molecule has 0 unspecified atom stereocenters. The smallest absolute Gasteiger partial charge is 0.345 e. The second-order valence-electron chi connectivity index (χ2n) is 4.90. The van der Waals surface area contributed by atoms with Crippen LogP contribution in [0.2, 0.25) is 0 Å². The molecular formula is C13H16N4O4. The minimum absolute atomic E-state index is 0.217. The van der Waals surface area contributed by atoms with Crippen molar-refractivity contribution in [3.8, 4) is 0 Å². The molecule has 0 aliphatic carbocycles. The van der Waals surface area contributed by atoms with Gasteiger partial charge in [0.05, 0.1) is 32.2 Å². The Kier molecular flexibility index (Phi) is 3.17. The van der Waals surface area contributed by atoms with Gasteiger partial charge < -0.3 is 9.64 Å². The molecule has 2 aliphatic rings. The van der Waals surface area contributed by atoms with Gasteiger partial charge in [-0.25, -0.2) is 9.59 Å². The van der Waals surface area contributed by atoms with Crippen LogP contribution in [0.5, 0.6) is 0 Å². The molecule has 0 N–H and O–H groups in total. The Morgan fingerprint density at radius 3 is 3.05 bits per heavy atom. The first kappa shape index (κ1) is 13.6. The number of ether oxygens (including phenoxy) is 1. The zero-order chi connectivity index (χ0) is 15.1. The first-order valence-electron chi connectivity index (χ1n) is 6.53. The summed E-state index contributed by atoms with van der Waals surface area (Å²) in [6.45, 7) is 4.16. The van der Waals surface area contributed by atoms with E-state index in [0.717, 1.165) is 5.56 Å². The van der Waals surface area contributed by atoms with Crippen LogP contribution in [-0.4, -0.2) is 52.0 Å². The summed E-state index contributed by atoms with van der Waals surface area (Å²) >= 11 is 0. The lowest BCUT2D eigenvalue weighted by Crippen LogP contribution is -2.40. The Labute approximate surface area is 121 Å². The van der Waals surface area contributed by atoms with Crippen LogP contribution in [0.15, 0.2) is 18.9 Å². The van der Waals surface area contributed by atoms with Crippen molar-refractivity contribution in [2.75, 3.05) is 20.3 Å². The number of urea groups is 1. The Bertz CT molecular complexity index is 611. The van der Waals surface area contributed by atoms with Gasteiger partial charge >= 0.3 is 12.0 Å². The highest BCUT2D eigenvalue weighted by atomic mass is 16.7. The summed E-state index contributed by atoms with van der Waals surface area (Å²) in [5.41, 5.74) is 1.47. The fourth-order valence-corrected chi connectivity index (χ4v) is 2.87. The number of aromatic nitrogens is 2. The number of rotatable bonds is 4. The number of nitrogens with zero attached hydrogens (tertiary/aromatic N) is 4. The molecule has 8 nitrogen and oxygen atoms in total. The van der Waals surface area contributed by atoms with Crippen molar-refractivity contribution in [3.63, 3.8) is 0 Å². The van der Waals surface area contributed by atoms with Gasteiger partial charge in [-0.1, -0.05) is 6.08 Å². The molecule has 8 heteroatoms. The SMILES string of the molecule is C=CCON1C(=O)N2C[C@H]1c1cnn(C)c1[C@H]2C(=O)OC. The van der Waals surface area contributed by atoms with Gasteiger partial charge in [0.15, 0.2) is 6.04 Å². The van der Waals surface area contributed by atoms with E-state index in [1.165, 1.54) is 17.1 Å². The molecule has 2 aliphatic heterocycles. The van der Waals surface area contributed by atoms with Crippen molar-refractivity contribution in [2.24, 2.45) is 7.05 Å². The minimum Gasteiger partial charge on any atom is -0.467 e. The van der Waals surface area contributed by atoms with E-state index in [2.05, 4.69) is 11.7 Å². The predicted molar refractivity (Wildman–Crippen MR) is 70.8 cm³/mol. The maximum absolute atomic E-state index is 12.5. The maximum atomic E-state index is 12.5. The number of methoxy groups -OCH3 is 1. The van der Waals surface area contributed by atoms with Gasteiger partial charge in [-0.05, 0) is 0 Å². The van der Waals surface area contributed by atoms with Gasteiger partial charge in [0.1, 0.15) is 6.04 Å². The molecule has 1 aromatic heterocycles. The van der Waals surface area contributed by atoms with Gasteiger partial charge in [-0.3, -0.25) is 9.52 Å². The number of hydrogen-bond acceptors (Lipinski definition) is 5. The Morgan fingerprint density at radius 2 is 2.38 bits per heavy atom. The third-order valence-electron chi connectivity index (χ3n) is 3.79. The second kappa shape index (κ2) is 4.88. The number of amides is 2. The average molecular weight is 292 g/mol. The van der Waals surface area contributed by atoms with Crippen LogP contribution in [0.25, 0.3) is 0 Å². The Balaban J connectivity index is 2.05. The molecule has 0 saturated carbocycles. The number of esters is 1. The molecule has 1 aromatic rings. The lowest BCUT2D eigenvalue weighted by molar-refractivity contribution is -0.146. The van der Waals surface area contributed by atoms with Gasteiger partial charge in [0.25, 0.3) is 0 Å². The van der Waals surface area contributed by atoms with Crippen LogP contribution in [0.1, 0.15) is 23.3 Å². The molecular weight excluding hydrogens is 276 g/mol. The first-order valence-corrected chi connectivity index (χ1v) is 6.53. The van der Waals surface area contributed by atoms with E-state index < -0.39 is 12.0 Å². The number of hydrogen-bond donors (Lipinski definition) is 0. The Morgan fingerprint density at radius 1 is 1.62 bits per heavy atom. The zero-order valence-electron chi connectivity index (χ0n) is 11.9. The average Bonchev–Trinajstić information content (AvgIpc) is 2.99. The van der Waals surface area contributed by atoms with Crippen LogP contribution in [0.4, 0.5) is 4.79 Å². The first-order chi connectivity index (χ1) is 10.1. The lowest BCUT2D eigenvalue weighted by Gasteiger charge is -2.28. The molecule has 0 radical (unpaired) electrons. The van der Waals surface area contributed by atoms with Gasteiger partial charge in [0, 0.05) is 12.6 Å². The highest BCUT2D eigenvalue weighted by molar-refractivity contribution is 5.87. The lowest BCUT2D eigenvalue weighted by atomic mass is 9.98. The van der Waals surface area contributed by atoms with Crippen molar-refractivity contribution < 1.29 is 19.2 Å². The zero-order valence-corrected chi connectivity index (χ0v) is 11.9. The summed E-state index contributed by atoms with van der Waals surface area (Å²) in [6.07, 6.45) is 3.23. The Hall–Kier alpha value is -2.35. The van der Waals surface area contributed by atoms with Gasteiger partial charge in [-0.2, -0.15) is 10.2 Å². The number of carbonyl (C=O) groups is 2.